The molecule has 1 unspecified atom stereocenters. The number of halogens is 3. The summed E-state index contributed by atoms with van der Waals surface area (Å²) in [6.07, 6.45) is -1.89. The molecule has 3 N–H and O–H groups in total. The van der Waals surface area contributed by atoms with E-state index in [4.69, 9.17) is 5.73 Å². The number of benzene rings is 1. The topological polar surface area (TPSA) is 55.1 Å². The van der Waals surface area contributed by atoms with Crippen LogP contribution in [0.4, 0.5) is 18.9 Å². The van der Waals surface area contributed by atoms with Gasteiger partial charge in [-0.1, -0.05) is 13.8 Å². The number of alkyl halides is 3. The average Bonchev–Trinajstić information content (AvgIpc) is 2.67. The first-order valence-corrected chi connectivity index (χ1v) is 6.86. The molecule has 0 aromatic heterocycles. The lowest BCUT2D eigenvalue weighted by molar-refractivity contribution is -0.136. The maximum atomic E-state index is 12.8. The number of nitrogens with one attached hydrogen (secondary N) is 1. The van der Waals surface area contributed by atoms with Gasteiger partial charge in [0.25, 0.3) is 5.91 Å². The van der Waals surface area contributed by atoms with E-state index in [9.17, 15) is 18.0 Å². The summed E-state index contributed by atoms with van der Waals surface area (Å²) in [4.78, 5) is 12.1. The Morgan fingerprint density at radius 1 is 1.38 bits per heavy atom. The SMILES string of the molecule is CC1(C)CCC(NC(=O)c2ccc(N)c(C(F)(F)F)c2)C1. The highest BCUT2D eigenvalue weighted by Crippen LogP contribution is 2.37. The van der Waals surface area contributed by atoms with Crippen LogP contribution in [0.25, 0.3) is 0 Å². The van der Waals surface area contributed by atoms with Crippen LogP contribution in [0.3, 0.4) is 0 Å². The molecule has 1 aromatic rings. The smallest absolute Gasteiger partial charge is 0.398 e. The van der Waals surface area contributed by atoms with Gasteiger partial charge in [0.05, 0.1) is 5.56 Å². The number of amides is 1. The summed E-state index contributed by atoms with van der Waals surface area (Å²) in [5, 5.41) is 2.80. The molecule has 1 aliphatic rings. The van der Waals surface area contributed by atoms with Crippen LogP contribution in [0.15, 0.2) is 18.2 Å². The Labute approximate surface area is 121 Å². The van der Waals surface area contributed by atoms with Gasteiger partial charge >= 0.3 is 6.18 Å². The zero-order valence-corrected chi connectivity index (χ0v) is 12.1. The van der Waals surface area contributed by atoms with Crippen molar-refractivity contribution in [3.05, 3.63) is 29.3 Å². The van der Waals surface area contributed by atoms with Crippen LogP contribution in [0.1, 0.15) is 49.0 Å². The van der Waals surface area contributed by atoms with Crippen LogP contribution >= 0.6 is 0 Å². The molecule has 3 nitrogen and oxygen atoms in total. The Morgan fingerprint density at radius 3 is 2.57 bits per heavy atom. The molecule has 0 radical (unpaired) electrons. The molecule has 1 aliphatic carbocycles. The fourth-order valence-corrected chi connectivity index (χ4v) is 2.77. The first kappa shape index (κ1) is 15.7. The lowest BCUT2D eigenvalue weighted by Gasteiger charge is -2.18. The maximum Gasteiger partial charge on any atom is 0.418 e. The van der Waals surface area contributed by atoms with Gasteiger partial charge in [-0.3, -0.25) is 4.79 Å². The van der Waals surface area contributed by atoms with Crippen LogP contribution in [0.2, 0.25) is 0 Å². The third-order valence-electron chi connectivity index (χ3n) is 3.92. The summed E-state index contributed by atoms with van der Waals surface area (Å²) < 4.78 is 38.4. The number of nitrogens with two attached hydrogens (primary N) is 1. The van der Waals surface area contributed by atoms with Crippen molar-refractivity contribution in [2.45, 2.75) is 45.3 Å². The Balaban J connectivity index is 2.13. The van der Waals surface area contributed by atoms with Gasteiger partial charge in [-0.2, -0.15) is 13.2 Å². The molecule has 1 amide bonds. The zero-order chi connectivity index (χ0) is 15.8. The molecule has 1 atom stereocenters. The number of anilines is 1. The average molecular weight is 300 g/mol. The van der Waals surface area contributed by atoms with E-state index >= 15 is 0 Å². The highest BCUT2D eigenvalue weighted by atomic mass is 19.4. The minimum absolute atomic E-state index is 0.0127. The van der Waals surface area contributed by atoms with Crippen LogP contribution in [-0.2, 0) is 6.18 Å². The first-order valence-electron chi connectivity index (χ1n) is 6.86. The summed E-state index contributed by atoms with van der Waals surface area (Å²) in [7, 11) is 0. The van der Waals surface area contributed by atoms with Gasteiger partial charge in [0.15, 0.2) is 0 Å². The van der Waals surface area contributed by atoms with Crippen LogP contribution in [0, 0.1) is 5.41 Å². The standard InChI is InChI=1S/C15H19F3N2O/c1-14(2)6-5-10(8-14)20-13(21)9-3-4-12(19)11(7-9)15(16,17)18/h3-4,7,10H,5-6,8,19H2,1-2H3,(H,20,21). The second kappa shape index (κ2) is 5.24. The summed E-state index contributed by atoms with van der Waals surface area (Å²) in [6, 6.07) is 3.26. The van der Waals surface area contributed by atoms with E-state index in [1.165, 1.54) is 6.07 Å². The highest BCUT2D eigenvalue weighted by Gasteiger charge is 2.35. The van der Waals surface area contributed by atoms with E-state index < -0.39 is 17.6 Å². The van der Waals surface area contributed by atoms with Gasteiger partial charge in [-0.25, -0.2) is 0 Å². The Morgan fingerprint density at radius 2 is 2.05 bits per heavy atom. The maximum absolute atomic E-state index is 12.8. The van der Waals surface area contributed by atoms with E-state index in [0.717, 1.165) is 31.4 Å². The van der Waals surface area contributed by atoms with E-state index in [1.54, 1.807) is 0 Å². The molecule has 0 bridgehead atoms. The second-order valence-corrected chi connectivity index (χ2v) is 6.38. The van der Waals surface area contributed by atoms with Crippen molar-refractivity contribution in [3.63, 3.8) is 0 Å². The van der Waals surface area contributed by atoms with Crippen molar-refractivity contribution in [2.24, 2.45) is 5.41 Å². The summed E-state index contributed by atoms with van der Waals surface area (Å²) in [5.74, 6) is -0.483. The fraction of sp³-hybridized carbons (Fsp3) is 0.533. The minimum Gasteiger partial charge on any atom is -0.398 e. The van der Waals surface area contributed by atoms with E-state index in [-0.39, 0.29) is 22.7 Å². The summed E-state index contributed by atoms with van der Waals surface area (Å²) in [5.41, 5.74) is 4.13. The third kappa shape index (κ3) is 3.68. The fourth-order valence-electron chi connectivity index (χ4n) is 2.77. The monoisotopic (exact) mass is 300 g/mol. The Bertz CT molecular complexity index is 552. The molecule has 21 heavy (non-hydrogen) atoms. The molecule has 2 rings (SSSR count). The minimum atomic E-state index is -4.56. The zero-order valence-electron chi connectivity index (χ0n) is 12.1. The molecular weight excluding hydrogens is 281 g/mol. The molecule has 0 spiro atoms. The number of nitrogen functional groups attached to an aromatic ring is 1. The molecule has 1 saturated carbocycles. The highest BCUT2D eigenvalue weighted by molar-refractivity contribution is 5.95. The van der Waals surface area contributed by atoms with Crippen molar-refractivity contribution in [2.75, 3.05) is 5.73 Å². The second-order valence-electron chi connectivity index (χ2n) is 6.38. The molecule has 0 aliphatic heterocycles. The van der Waals surface area contributed by atoms with E-state index in [2.05, 4.69) is 19.2 Å². The lowest BCUT2D eigenvalue weighted by Crippen LogP contribution is -2.33. The van der Waals surface area contributed by atoms with Crippen LogP contribution in [0.5, 0.6) is 0 Å². The van der Waals surface area contributed by atoms with Crippen LogP contribution in [-0.4, -0.2) is 11.9 Å². The summed E-state index contributed by atoms with van der Waals surface area (Å²) in [6.45, 7) is 4.23. The van der Waals surface area contributed by atoms with Gasteiger partial charge in [0.1, 0.15) is 0 Å². The summed E-state index contributed by atoms with van der Waals surface area (Å²) >= 11 is 0. The number of carbonyl (C=O) groups excluding carboxylic acids is 1. The van der Waals surface area contributed by atoms with Gasteiger partial charge in [-0.05, 0) is 42.9 Å². The molecule has 6 heteroatoms. The van der Waals surface area contributed by atoms with E-state index in [0.29, 0.717) is 0 Å². The van der Waals surface area contributed by atoms with Gasteiger partial charge < -0.3 is 11.1 Å². The Hall–Kier alpha value is -1.72. The van der Waals surface area contributed by atoms with Crippen molar-refractivity contribution >= 4 is 11.6 Å². The van der Waals surface area contributed by atoms with Crippen molar-refractivity contribution < 1.29 is 18.0 Å². The predicted molar refractivity (Wildman–Crippen MR) is 74.7 cm³/mol. The molecule has 0 saturated heterocycles. The van der Waals surface area contributed by atoms with Gasteiger partial charge in [0.2, 0.25) is 0 Å². The van der Waals surface area contributed by atoms with Crippen molar-refractivity contribution in [1.82, 2.24) is 5.32 Å². The quantitative estimate of drug-likeness (QED) is 0.820. The molecule has 116 valence electrons. The van der Waals surface area contributed by atoms with E-state index in [1.807, 2.05) is 0 Å². The largest absolute Gasteiger partial charge is 0.418 e. The number of rotatable bonds is 2. The Kier molecular flexibility index (Phi) is 3.91. The molecular formula is C15H19F3N2O. The number of hydrogen-bond donors (Lipinski definition) is 2. The predicted octanol–water partition coefficient (Wildman–Crippen LogP) is 3.60. The number of carbonyl (C=O) groups is 1. The normalized spacial score (nSPS) is 21.3. The molecule has 1 fully saturated rings. The lowest BCUT2D eigenvalue weighted by atomic mass is 9.92. The molecule has 0 heterocycles. The van der Waals surface area contributed by atoms with Crippen LogP contribution < -0.4 is 11.1 Å². The van der Waals surface area contributed by atoms with Gasteiger partial charge in [0, 0.05) is 17.3 Å². The van der Waals surface area contributed by atoms with Gasteiger partial charge in [-0.15, -0.1) is 0 Å². The molecule has 1 aromatic carbocycles. The van der Waals surface area contributed by atoms with Crippen molar-refractivity contribution in [1.29, 1.82) is 0 Å². The first-order chi connectivity index (χ1) is 9.58. The third-order valence-corrected chi connectivity index (χ3v) is 3.92. The number of hydrogen-bond acceptors (Lipinski definition) is 2. The van der Waals surface area contributed by atoms with Crippen molar-refractivity contribution in [3.8, 4) is 0 Å².